The van der Waals surface area contributed by atoms with Crippen LogP contribution in [-0.2, 0) is 22.3 Å². The number of carbonyl (C=O) groups is 1. The van der Waals surface area contributed by atoms with Gasteiger partial charge in [-0.25, -0.2) is 9.78 Å². The van der Waals surface area contributed by atoms with Gasteiger partial charge in [-0.2, -0.15) is 0 Å². The topological polar surface area (TPSA) is 61.3 Å². The molecule has 0 unspecified atom stereocenters. The molecule has 1 aliphatic carbocycles. The first-order chi connectivity index (χ1) is 13.7. The minimum Gasteiger partial charge on any atom is -0.464 e. The van der Waals surface area contributed by atoms with Gasteiger partial charge in [-0.05, 0) is 47.9 Å². The van der Waals surface area contributed by atoms with Crippen molar-refractivity contribution >= 4 is 11.5 Å². The summed E-state index contributed by atoms with van der Waals surface area (Å²) in [7, 11) is 1.40. The van der Waals surface area contributed by atoms with Gasteiger partial charge in [0.05, 0.1) is 31.7 Å². The van der Waals surface area contributed by atoms with E-state index in [1.807, 2.05) is 6.20 Å². The fourth-order valence-corrected chi connectivity index (χ4v) is 3.86. The predicted octanol–water partition coefficient (Wildman–Crippen LogP) is 4.10. The molecule has 0 atom stereocenters. The third-order valence-electron chi connectivity index (χ3n) is 5.54. The molecule has 5 nitrogen and oxygen atoms in total. The number of nitrogens with zero attached hydrogens (tertiary/aromatic N) is 2. The molecule has 1 fully saturated rings. The zero-order valence-electron chi connectivity index (χ0n) is 16.5. The van der Waals surface area contributed by atoms with E-state index >= 15 is 0 Å². The molecule has 4 rings (SSSR count). The van der Waals surface area contributed by atoms with Gasteiger partial charge >= 0.3 is 5.97 Å². The molecule has 1 saturated carbocycles. The van der Waals surface area contributed by atoms with Crippen molar-refractivity contribution in [2.75, 3.05) is 20.3 Å². The summed E-state index contributed by atoms with van der Waals surface area (Å²) in [5, 5.41) is 0. The van der Waals surface area contributed by atoms with Crippen molar-refractivity contribution in [3.63, 3.8) is 0 Å². The van der Waals surface area contributed by atoms with E-state index in [-0.39, 0.29) is 0 Å². The number of benzene rings is 1. The Balaban J connectivity index is 1.71. The maximum absolute atomic E-state index is 12.3. The van der Waals surface area contributed by atoms with Crippen molar-refractivity contribution in [1.29, 1.82) is 0 Å². The van der Waals surface area contributed by atoms with Gasteiger partial charge in [-0.3, -0.25) is 4.98 Å². The molecule has 1 aromatic carbocycles. The number of esters is 1. The van der Waals surface area contributed by atoms with E-state index in [1.165, 1.54) is 29.4 Å². The Hall–Kier alpha value is -2.53. The van der Waals surface area contributed by atoms with Gasteiger partial charge in [0.15, 0.2) is 5.69 Å². The summed E-state index contributed by atoms with van der Waals surface area (Å²) < 4.78 is 10.4. The quantitative estimate of drug-likeness (QED) is 0.708. The molecule has 0 N–H and O–H groups in total. The maximum Gasteiger partial charge on any atom is 0.358 e. The molecule has 0 bridgehead atoms. The lowest BCUT2D eigenvalue weighted by molar-refractivity contribution is 0.0591. The van der Waals surface area contributed by atoms with Crippen molar-refractivity contribution in [2.24, 2.45) is 0 Å². The Kier molecular flexibility index (Phi) is 5.53. The smallest absolute Gasteiger partial charge is 0.358 e. The summed E-state index contributed by atoms with van der Waals surface area (Å²) in [5.74, 6) is 0.0336. The van der Waals surface area contributed by atoms with Gasteiger partial charge in [0.25, 0.3) is 0 Å². The molecule has 28 heavy (non-hydrogen) atoms. The second kappa shape index (κ2) is 8.23. The summed E-state index contributed by atoms with van der Waals surface area (Å²) in [6.07, 6.45) is 8.67. The Labute approximate surface area is 165 Å². The zero-order valence-corrected chi connectivity index (χ0v) is 16.5. The van der Waals surface area contributed by atoms with Crippen LogP contribution in [0.3, 0.4) is 0 Å². The summed E-state index contributed by atoms with van der Waals surface area (Å²) in [4.78, 5) is 21.6. The van der Waals surface area contributed by atoms with Crippen molar-refractivity contribution in [3.05, 3.63) is 64.2 Å². The highest BCUT2D eigenvalue weighted by Gasteiger charge is 2.28. The van der Waals surface area contributed by atoms with Crippen molar-refractivity contribution < 1.29 is 14.3 Å². The summed E-state index contributed by atoms with van der Waals surface area (Å²) in [6, 6.07) is 6.40. The molecule has 0 radical (unpaired) electrons. The first kappa shape index (κ1) is 18.8. The molecule has 5 heteroatoms. The lowest BCUT2D eigenvalue weighted by atomic mass is 9.89. The third kappa shape index (κ3) is 3.85. The summed E-state index contributed by atoms with van der Waals surface area (Å²) in [6.45, 7) is 3.61. The summed E-state index contributed by atoms with van der Waals surface area (Å²) >= 11 is 0. The lowest BCUT2D eigenvalue weighted by Gasteiger charge is -2.19. The molecule has 1 aliphatic heterocycles. The van der Waals surface area contributed by atoms with Gasteiger partial charge in [0, 0.05) is 18.5 Å². The highest BCUT2D eigenvalue weighted by atomic mass is 16.5. The van der Waals surface area contributed by atoms with Gasteiger partial charge in [0.2, 0.25) is 0 Å². The Bertz CT molecular complexity index is 916. The minimum absolute atomic E-state index is 0.352. The monoisotopic (exact) mass is 378 g/mol. The van der Waals surface area contributed by atoms with Crippen LogP contribution in [-0.4, -0.2) is 36.3 Å². The van der Waals surface area contributed by atoms with Crippen LogP contribution in [0.2, 0.25) is 0 Å². The highest BCUT2D eigenvalue weighted by Crippen LogP contribution is 2.39. The molecular weight excluding hydrogens is 352 g/mol. The van der Waals surface area contributed by atoms with E-state index < -0.39 is 5.97 Å². The number of hydrogen-bond donors (Lipinski definition) is 0. The number of hydrogen-bond acceptors (Lipinski definition) is 5. The van der Waals surface area contributed by atoms with Crippen LogP contribution in [0.25, 0.3) is 5.57 Å². The van der Waals surface area contributed by atoms with E-state index in [1.54, 1.807) is 0 Å². The number of methoxy groups -OCH3 is 1. The van der Waals surface area contributed by atoms with E-state index in [2.05, 4.69) is 41.2 Å². The van der Waals surface area contributed by atoms with Crippen LogP contribution in [0.5, 0.6) is 0 Å². The van der Waals surface area contributed by atoms with Crippen LogP contribution in [0.4, 0.5) is 0 Å². The van der Waals surface area contributed by atoms with Gasteiger partial charge in [-0.1, -0.05) is 31.2 Å². The molecule has 0 saturated heterocycles. The normalized spacial score (nSPS) is 16.6. The first-order valence-corrected chi connectivity index (χ1v) is 10.0. The average molecular weight is 378 g/mol. The van der Waals surface area contributed by atoms with Crippen molar-refractivity contribution in [2.45, 2.75) is 44.9 Å². The second-order valence-corrected chi connectivity index (χ2v) is 7.38. The van der Waals surface area contributed by atoms with Gasteiger partial charge in [0.1, 0.15) is 0 Å². The minimum atomic E-state index is -0.411. The van der Waals surface area contributed by atoms with E-state index in [4.69, 9.17) is 9.47 Å². The predicted molar refractivity (Wildman–Crippen MR) is 107 cm³/mol. The fourth-order valence-electron chi connectivity index (χ4n) is 3.86. The van der Waals surface area contributed by atoms with E-state index in [9.17, 15) is 4.79 Å². The third-order valence-corrected chi connectivity index (χ3v) is 5.54. The average Bonchev–Trinajstić information content (AvgIpc) is 3.59. The lowest BCUT2D eigenvalue weighted by Crippen LogP contribution is -2.13. The molecule has 2 aliphatic rings. The van der Waals surface area contributed by atoms with Crippen LogP contribution < -0.4 is 0 Å². The number of ether oxygens (including phenoxy) is 2. The van der Waals surface area contributed by atoms with E-state index in [0.29, 0.717) is 30.3 Å². The molecule has 0 amide bonds. The summed E-state index contributed by atoms with van der Waals surface area (Å²) in [5.41, 5.74) is 7.05. The van der Waals surface area contributed by atoms with Crippen LogP contribution in [0, 0.1) is 0 Å². The van der Waals surface area contributed by atoms with Gasteiger partial charge < -0.3 is 9.47 Å². The van der Waals surface area contributed by atoms with E-state index in [0.717, 1.165) is 38.0 Å². The molecular formula is C23H26N2O3. The van der Waals surface area contributed by atoms with Gasteiger partial charge in [-0.15, -0.1) is 0 Å². The van der Waals surface area contributed by atoms with Crippen molar-refractivity contribution in [1.82, 2.24) is 9.97 Å². The number of aromatic nitrogens is 2. The zero-order chi connectivity index (χ0) is 19.5. The van der Waals surface area contributed by atoms with Crippen molar-refractivity contribution in [3.8, 4) is 0 Å². The van der Waals surface area contributed by atoms with Crippen LogP contribution in [0.1, 0.15) is 70.7 Å². The molecule has 0 spiro atoms. The second-order valence-electron chi connectivity index (χ2n) is 7.38. The maximum atomic E-state index is 12.3. The number of carbonyl (C=O) groups excluding carboxylic acids is 1. The van der Waals surface area contributed by atoms with Crippen LogP contribution in [0.15, 0.2) is 30.5 Å². The largest absolute Gasteiger partial charge is 0.464 e. The molecule has 146 valence electrons. The fraction of sp³-hybridized carbons (Fsp3) is 0.435. The molecule has 2 aromatic rings. The Morgan fingerprint density at radius 1 is 1.32 bits per heavy atom. The standard InChI is InChI=1S/C23H26N2O3/c1-3-18-17(5-4-6-19(18)15-9-11-28-12-10-15)13-20-22(23(26)27-2)25-21(14-24-20)16-7-8-16/h4-6,9,14,16H,3,7-8,10-13H2,1-2H3. The highest BCUT2D eigenvalue weighted by molar-refractivity contribution is 5.88. The molecule has 2 heterocycles. The SMILES string of the molecule is CCc1c(Cc2ncc(C3CC3)nc2C(=O)OC)cccc1C1=CCOCC1. The Morgan fingerprint density at radius 2 is 2.18 bits per heavy atom. The number of rotatable bonds is 6. The van der Waals surface area contributed by atoms with Crippen LogP contribution >= 0.6 is 0 Å². The molecule has 1 aromatic heterocycles. The Morgan fingerprint density at radius 3 is 2.86 bits per heavy atom. The first-order valence-electron chi connectivity index (χ1n) is 10.0.